The van der Waals surface area contributed by atoms with Gasteiger partial charge in [-0.05, 0) is 0 Å². The first-order valence-corrected chi connectivity index (χ1v) is 3.19. The molecule has 0 bridgehead atoms. The van der Waals surface area contributed by atoms with Crippen LogP contribution in [0.5, 0.6) is 0 Å². The number of amides is 1. The standard InChI is InChI=1S/C5H5N2OS/c1-4(8)7-5-6-2-3-9-5/h2-3H,1H2,(H,6,7,8). The van der Waals surface area contributed by atoms with E-state index in [1.807, 2.05) is 0 Å². The lowest BCUT2D eigenvalue weighted by Crippen LogP contribution is -2.05. The summed E-state index contributed by atoms with van der Waals surface area (Å²) in [4.78, 5) is 14.1. The molecule has 0 aromatic carbocycles. The SMILES string of the molecule is [CH2]C(=O)Nc1nccs1. The van der Waals surface area contributed by atoms with Crippen molar-refractivity contribution in [1.82, 2.24) is 4.98 Å². The van der Waals surface area contributed by atoms with Gasteiger partial charge in [-0.1, -0.05) is 0 Å². The van der Waals surface area contributed by atoms with E-state index in [2.05, 4.69) is 17.2 Å². The number of thiazole rings is 1. The Labute approximate surface area is 56.7 Å². The minimum absolute atomic E-state index is 0.329. The molecule has 4 heteroatoms. The summed E-state index contributed by atoms with van der Waals surface area (Å²) in [5.41, 5.74) is 0. The van der Waals surface area contributed by atoms with Crippen LogP contribution in [-0.4, -0.2) is 10.9 Å². The molecule has 0 fully saturated rings. The van der Waals surface area contributed by atoms with Crippen LogP contribution in [0, 0.1) is 6.92 Å². The predicted molar refractivity (Wildman–Crippen MR) is 36.1 cm³/mol. The molecule has 3 nitrogen and oxygen atoms in total. The zero-order valence-corrected chi connectivity index (χ0v) is 5.44. The van der Waals surface area contributed by atoms with Crippen LogP contribution < -0.4 is 5.32 Å². The van der Waals surface area contributed by atoms with Crippen LogP contribution in [0.2, 0.25) is 0 Å². The largest absolute Gasteiger partial charge is 0.302 e. The molecule has 9 heavy (non-hydrogen) atoms. The van der Waals surface area contributed by atoms with E-state index in [1.54, 1.807) is 11.6 Å². The van der Waals surface area contributed by atoms with Gasteiger partial charge in [0.25, 0.3) is 0 Å². The fourth-order valence-corrected chi connectivity index (χ4v) is 0.950. The van der Waals surface area contributed by atoms with Crippen molar-refractivity contribution in [2.24, 2.45) is 0 Å². The molecule has 0 atom stereocenters. The summed E-state index contributed by atoms with van der Waals surface area (Å²) in [5, 5.41) is 4.82. The molecule has 1 radical (unpaired) electrons. The number of aromatic nitrogens is 1. The molecule has 1 N–H and O–H groups in total. The second-order valence-electron chi connectivity index (χ2n) is 1.39. The summed E-state index contributed by atoms with van der Waals surface area (Å²) >= 11 is 1.37. The van der Waals surface area contributed by atoms with Crippen LogP contribution in [0.15, 0.2) is 11.6 Å². The van der Waals surface area contributed by atoms with Crippen molar-refractivity contribution in [3.63, 3.8) is 0 Å². The van der Waals surface area contributed by atoms with Gasteiger partial charge in [-0.25, -0.2) is 4.98 Å². The fraction of sp³-hybridized carbons (Fsp3) is 0. The molecule has 1 amide bonds. The monoisotopic (exact) mass is 141 g/mol. The molecular weight excluding hydrogens is 136 g/mol. The van der Waals surface area contributed by atoms with E-state index in [1.165, 1.54) is 11.3 Å². The molecule has 0 aliphatic rings. The highest BCUT2D eigenvalue weighted by Gasteiger charge is 1.94. The first-order valence-electron chi connectivity index (χ1n) is 2.31. The fourth-order valence-electron chi connectivity index (χ4n) is 0.404. The topological polar surface area (TPSA) is 42.0 Å². The van der Waals surface area contributed by atoms with Crippen LogP contribution >= 0.6 is 11.3 Å². The summed E-state index contributed by atoms with van der Waals surface area (Å²) in [6.45, 7) is 3.13. The predicted octanol–water partition coefficient (Wildman–Crippen LogP) is 0.916. The van der Waals surface area contributed by atoms with Gasteiger partial charge < -0.3 is 5.32 Å². The molecular formula is C5H5N2OS. The molecule has 0 saturated carbocycles. The van der Waals surface area contributed by atoms with Gasteiger partial charge in [-0.15, -0.1) is 11.3 Å². The lowest BCUT2D eigenvalue weighted by Gasteiger charge is -1.90. The van der Waals surface area contributed by atoms with E-state index in [0.717, 1.165) is 0 Å². The van der Waals surface area contributed by atoms with E-state index in [4.69, 9.17) is 0 Å². The van der Waals surface area contributed by atoms with Crippen molar-refractivity contribution < 1.29 is 4.79 Å². The molecule has 0 spiro atoms. The molecule has 47 valence electrons. The van der Waals surface area contributed by atoms with E-state index < -0.39 is 0 Å². The molecule has 0 aliphatic heterocycles. The minimum Gasteiger partial charge on any atom is -0.302 e. The van der Waals surface area contributed by atoms with Crippen molar-refractivity contribution in [2.45, 2.75) is 0 Å². The Bertz CT molecular complexity index is 195. The van der Waals surface area contributed by atoms with Crippen LogP contribution in [0.4, 0.5) is 5.13 Å². The number of nitrogens with one attached hydrogen (secondary N) is 1. The molecule has 0 saturated heterocycles. The van der Waals surface area contributed by atoms with E-state index in [-0.39, 0.29) is 5.91 Å². The van der Waals surface area contributed by atoms with Crippen molar-refractivity contribution in [1.29, 1.82) is 0 Å². The van der Waals surface area contributed by atoms with Gasteiger partial charge in [0.1, 0.15) is 0 Å². The maximum absolute atomic E-state index is 10.3. The Balaban J connectivity index is 2.58. The van der Waals surface area contributed by atoms with Gasteiger partial charge in [-0.3, -0.25) is 4.79 Å². The molecule has 0 unspecified atom stereocenters. The second-order valence-corrected chi connectivity index (χ2v) is 2.28. The summed E-state index contributed by atoms with van der Waals surface area (Å²) in [6.07, 6.45) is 1.62. The highest BCUT2D eigenvalue weighted by molar-refractivity contribution is 7.13. The molecule has 0 aliphatic carbocycles. The third-order valence-corrected chi connectivity index (χ3v) is 1.37. The Morgan fingerprint density at radius 3 is 3.11 bits per heavy atom. The Morgan fingerprint density at radius 2 is 2.67 bits per heavy atom. The average Bonchev–Trinajstić information content (AvgIpc) is 2.15. The van der Waals surface area contributed by atoms with Crippen molar-refractivity contribution in [3.05, 3.63) is 18.5 Å². The van der Waals surface area contributed by atoms with Gasteiger partial charge in [0.15, 0.2) is 5.13 Å². The minimum atomic E-state index is -0.329. The quantitative estimate of drug-likeness (QED) is 0.631. The van der Waals surface area contributed by atoms with Crippen LogP contribution in [-0.2, 0) is 4.79 Å². The Kier molecular flexibility index (Phi) is 1.79. The maximum Gasteiger partial charge on any atom is 0.226 e. The van der Waals surface area contributed by atoms with Gasteiger partial charge in [0.2, 0.25) is 5.91 Å². The Morgan fingerprint density at radius 1 is 1.89 bits per heavy atom. The zero-order chi connectivity index (χ0) is 6.69. The molecule has 1 heterocycles. The van der Waals surface area contributed by atoms with Crippen molar-refractivity contribution in [3.8, 4) is 0 Å². The number of hydrogen-bond donors (Lipinski definition) is 1. The summed E-state index contributed by atoms with van der Waals surface area (Å²) in [7, 11) is 0. The summed E-state index contributed by atoms with van der Waals surface area (Å²) in [6, 6.07) is 0. The summed E-state index contributed by atoms with van der Waals surface area (Å²) in [5.74, 6) is -0.329. The highest BCUT2D eigenvalue weighted by atomic mass is 32.1. The molecule has 1 aromatic rings. The van der Waals surface area contributed by atoms with Crippen LogP contribution in [0.3, 0.4) is 0 Å². The lowest BCUT2D eigenvalue weighted by atomic mass is 10.7. The van der Waals surface area contributed by atoms with E-state index in [9.17, 15) is 4.79 Å². The zero-order valence-electron chi connectivity index (χ0n) is 4.63. The van der Waals surface area contributed by atoms with Crippen LogP contribution in [0.25, 0.3) is 0 Å². The summed E-state index contributed by atoms with van der Waals surface area (Å²) < 4.78 is 0. The second kappa shape index (κ2) is 2.59. The van der Waals surface area contributed by atoms with Crippen LogP contribution in [0.1, 0.15) is 0 Å². The Hall–Kier alpha value is -0.900. The molecule has 1 rings (SSSR count). The third kappa shape index (κ3) is 1.81. The number of carbonyl (C=O) groups is 1. The number of anilines is 1. The van der Waals surface area contributed by atoms with Crippen molar-refractivity contribution in [2.75, 3.05) is 5.32 Å². The maximum atomic E-state index is 10.3. The van der Waals surface area contributed by atoms with E-state index in [0.29, 0.717) is 5.13 Å². The lowest BCUT2D eigenvalue weighted by molar-refractivity contribution is -0.112. The van der Waals surface area contributed by atoms with E-state index >= 15 is 0 Å². The number of carbonyl (C=O) groups excluding carboxylic acids is 1. The van der Waals surface area contributed by atoms with Gasteiger partial charge in [0, 0.05) is 18.5 Å². The normalized spacial score (nSPS) is 9.00. The first kappa shape index (κ1) is 6.22. The third-order valence-electron chi connectivity index (χ3n) is 0.679. The highest BCUT2D eigenvalue weighted by Crippen LogP contribution is 2.08. The van der Waals surface area contributed by atoms with Gasteiger partial charge >= 0.3 is 0 Å². The molecule has 1 aromatic heterocycles. The average molecular weight is 141 g/mol. The van der Waals surface area contributed by atoms with Crippen molar-refractivity contribution >= 4 is 22.4 Å². The smallest absolute Gasteiger partial charge is 0.226 e. The number of rotatable bonds is 1. The van der Waals surface area contributed by atoms with Gasteiger partial charge in [0.05, 0.1) is 0 Å². The van der Waals surface area contributed by atoms with Gasteiger partial charge in [-0.2, -0.15) is 0 Å². The number of nitrogens with zero attached hydrogens (tertiary/aromatic N) is 1. The number of hydrogen-bond acceptors (Lipinski definition) is 3. The first-order chi connectivity index (χ1) is 4.29.